The minimum absolute atomic E-state index is 0.0304. The van der Waals surface area contributed by atoms with E-state index < -0.39 is 12.0 Å². The molecule has 5 aromatic rings. The largest absolute Gasteiger partial charge is 0.488 e. The van der Waals surface area contributed by atoms with Gasteiger partial charge < -0.3 is 9.47 Å². The van der Waals surface area contributed by atoms with E-state index in [1.54, 1.807) is 42.7 Å². The molecule has 6 nitrogen and oxygen atoms in total. The van der Waals surface area contributed by atoms with Crippen molar-refractivity contribution in [2.24, 2.45) is 4.99 Å². The highest BCUT2D eigenvalue weighted by Crippen LogP contribution is 2.32. The standard InChI is InChI=1S/C35H29FN2O4S/c1-4-41-34(40)31-22(3)37-35-38(32(31)24-15-13-21(2)14-16-24)33(39)30(43-35)19-27-26-11-7-5-9-23(26)17-18-29(27)42-20-25-10-6-8-12-28(25)36/h5-19,32H,4,20H2,1-3H3/b30-19-/t32-/m0/s1. The molecule has 0 saturated heterocycles. The number of thiazole rings is 1. The normalized spacial score (nSPS) is 14.9. The van der Waals surface area contributed by atoms with Crippen molar-refractivity contribution in [1.29, 1.82) is 0 Å². The van der Waals surface area contributed by atoms with Gasteiger partial charge in [-0.1, -0.05) is 89.7 Å². The highest BCUT2D eigenvalue weighted by molar-refractivity contribution is 7.07. The van der Waals surface area contributed by atoms with E-state index in [2.05, 4.69) is 4.99 Å². The van der Waals surface area contributed by atoms with Crippen LogP contribution in [0.4, 0.5) is 4.39 Å². The monoisotopic (exact) mass is 592 g/mol. The van der Waals surface area contributed by atoms with Crippen molar-refractivity contribution in [3.05, 3.63) is 144 Å². The first-order chi connectivity index (χ1) is 20.9. The molecule has 216 valence electrons. The van der Waals surface area contributed by atoms with E-state index in [0.717, 1.165) is 21.9 Å². The fourth-order valence-electron chi connectivity index (χ4n) is 5.31. The molecular weight excluding hydrogens is 563 g/mol. The molecule has 2 heterocycles. The van der Waals surface area contributed by atoms with Gasteiger partial charge in [0, 0.05) is 11.1 Å². The number of carbonyl (C=O) groups is 1. The van der Waals surface area contributed by atoms with Crippen LogP contribution in [0.3, 0.4) is 0 Å². The van der Waals surface area contributed by atoms with Crippen LogP contribution in [0.15, 0.2) is 106 Å². The second-order valence-corrected chi connectivity index (χ2v) is 11.3. The van der Waals surface area contributed by atoms with Gasteiger partial charge >= 0.3 is 5.97 Å². The molecule has 0 amide bonds. The van der Waals surface area contributed by atoms with E-state index in [4.69, 9.17) is 9.47 Å². The van der Waals surface area contributed by atoms with Crippen LogP contribution < -0.4 is 19.6 Å². The predicted molar refractivity (Wildman–Crippen MR) is 166 cm³/mol. The third-order valence-corrected chi connectivity index (χ3v) is 8.44. The number of ether oxygens (including phenoxy) is 2. The van der Waals surface area contributed by atoms with Crippen molar-refractivity contribution in [3.8, 4) is 5.75 Å². The van der Waals surface area contributed by atoms with E-state index in [0.29, 0.717) is 37.5 Å². The van der Waals surface area contributed by atoms with Crippen LogP contribution in [-0.4, -0.2) is 17.1 Å². The zero-order valence-corrected chi connectivity index (χ0v) is 24.8. The molecular formula is C35H29FN2O4S. The fourth-order valence-corrected chi connectivity index (χ4v) is 6.34. The van der Waals surface area contributed by atoms with E-state index in [1.807, 2.05) is 67.6 Å². The quantitative estimate of drug-likeness (QED) is 0.218. The van der Waals surface area contributed by atoms with Crippen molar-refractivity contribution in [2.45, 2.75) is 33.4 Å². The summed E-state index contributed by atoms with van der Waals surface area (Å²) < 4.78 is 27.9. The highest BCUT2D eigenvalue weighted by atomic mass is 32.1. The third kappa shape index (κ3) is 5.42. The topological polar surface area (TPSA) is 69.9 Å². The second-order valence-electron chi connectivity index (χ2n) is 10.3. The van der Waals surface area contributed by atoms with Crippen LogP contribution in [0.1, 0.15) is 42.1 Å². The van der Waals surface area contributed by atoms with Crippen LogP contribution in [0.5, 0.6) is 5.75 Å². The summed E-state index contributed by atoms with van der Waals surface area (Å²) in [5, 5.41) is 1.86. The number of nitrogens with zero attached hydrogens (tertiary/aromatic N) is 2. The second kappa shape index (κ2) is 11.8. The Kier molecular flexibility index (Phi) is 7.78. The number of hydrogen-bond donors (Lipinski definition) is 0. The lowest BCUT2D eigenvalue weighted by atomic mass is 9.95. The molecule has 1 atom stereocenters. The molecule has 4 aromatic carbocycles. The zero-order chi connectivity index (χ0) is 30.1. The Hall–Kier alpha value is -4.82. The number of benzene rings is 4. The lowest BCUT2D eigenvalue weighted by molar-refractivity contribution is -0.139. The van der Waals surface area contributed by atoms with Crippen molar-refractivity contribution < 1.29 is 18.7 Å². The van der Waals surface area contributed by atoms with Crippen molar-refractivity contribution in [1.82, 2.24) is 4.57 Å². The number of rotatable bonds is 7. The Morgan fingerprint density at radius 1 is 1.00 bits per heavy atom. The van der Waals surface area contributed by atoms with Gasteiger partial charge in [0.15, 0.2) is 4.80 Å². The molecule has 8 heteroatoms. The number of fused-ring (bicyclic) bond motifs is 2. The molecule has 0 radical (unpaired) electrons. The lowest BCUT2D eigenvalue weighted by Gasteiger charge is -2.24. The lowest BCUT2D eigenvalue weighted by Crippen LogP contribution is -2.39. The minimum atomic E-state index is -0.692. The summed E-state index contributed by atoms with van der Waals surface area (Å²) in [5.74, 6) is -0.324. The molecule has 0 unspecified atom stereocenters. The Morgan fingerprint density at radius 3 is 2.51 bits per heavy atom. The molecule has 0 fully saturated rings. The van der Waals surface area contributed by atoms with Gasteiger partial charge in [0.25, 0.3) is 5.56 Å². The Bertz CT molecular complexity index is 2080. The van der Waals surface area contributed by atoms with E-state index in [9.17, 15) is 14.0 Å². The molecule has 0 spiro atoms. The van der Waals surface area contributed by atoms with Gasteiger partial charge in [0.05, 0.1) is 28.5 Å². The molecule has 0 N–H and O–H groups in total. The minimum Gasteiger partial charge on any atom is -0.488 e. The predicted octanol–water partition coefficient (Wildman–Crippen LogP) is 5.98. The average Bonchev–Trinajstić information content (AvgIpc) is 3.31. The van der Waals surface area contributed by atoms with Crippen molar-refractivity contribution in [3.63, 3.8) is 0 Å². The molecule has 0 bridgehead atoms. The molecule has 0 saturated carbocycles. The van der Waals surface area contributed by atoms with E-state index in [-0.39, 0.29) is 24.6 Å². The van der Waals surface area contributed by atoms with Crippen molar-refractivity contribution >= 4 is 34.2 Å². The highest BCUT2D eigenvalue weighted by Gasteiger charge is 2.33. The molecule has 6 rings (SSSR count). The van der Waals surface area contributed by atoms with Crippen molar-refractivity contribution in [2.75, 3.05) is 6.61 Å². The number of aromatic nitrogens is 1. The summed E-state index contributed by atoms with van der Waals surface area (Å²) in [4.78, 5) is 32.5. The number of esters is 1. The van der Waals surface area contributed by atoms with Crippen LogP contribution in [0.25, 0.3) is 16.8 Å². The van der Waals surface area contributed by atoms with Gasteiger partial charge in [-0.3, -0.25) is 9.36 Å². The van der Waals surface area contributed by atoms with Gasteiger partial charge in [-0.15, -0.1) is 0 Å². The number of aryl methyl sites for hydroxylation is 1. The van der Waals surface area contributed by atoms with Gasteiger partial charge in [-0.25, -0.2) is 14.2 Å². The summed E-state index contributed by atoms with van der Waals surface area (Å²) in [6.45, 7) is 5.74. The first-order valence-corrected chi connectivity index (χ1v) is 14.8. The third-order valence-electron chi connectivity index (χ3n) is 7.46. The first-order valence-electron chi connectivity index (χ1n) is 14.0. The molecule has 43 heavy (non-hydrogen) atoms. The fraction of sp³-hybridized carbons (Fsp3) is 0.171. The molecule has 0 aliphatic carbocycles. The first kappa shape index (κ1) is 28.3. The summed E-state index contributed by atoms with van der Waals surface area (Å²) in [7, 11) is 0. The summed E-state index contributed by atoms with van der Waals surface area (Å²) in [6, 6.07) is 25.2. The number of halogens is 1. The maximum atomic E-state index is 14.4. The van der Waals surface area contributed by atoms with E-state index >= 15 is 0 Å². The molecule has 1 aliphatic heterocycles. The van der Waals surface area contributed by atoms with Gasteiger partial charge in [0.2, 0.25) is 0 Å². The number of allylic oxidation sites excluding steroid dienone is 1. The van der Waals surface area contributed by atoms with Crippen LogP contribution >= 0.6 is 11.3 Å². The molecule has 1 aliphatic rings. The smallest absolute Gasteiger partial charge is 0.338 e. The maximum absolute atomic E-state index is 14.4. The summed E-state index contributed by atoms with van der Waals surface area (Å²) in [6.07, 6.45) is 1.80. The number of carbonyl (C=O) groups excluding carboxylic acids is 1. The Morgan fingerprint density at radius 2 is 1.74 bits per heavy atom. The van der Waals surface area contributed by atoms with Gasteiger partial charge in [0.1, 0.15) is 18.2 Å². The van der Waals surface area contributed by atoms with Gasteiger partial charge in [-0.05, 0) is 55.3 Å². The van der Waals surface area contributed by atoms with Crippen LogP contribution in [0, 0.1) is 12.7 Å². The average molecular weight is 593 g/mol. The van der Waals surface area contributed by atoms with Crippen LogP contribution in [0.2, 0.25) is 0 Å². The Balaban J connectivity index is 1.53. The molecule has 1 aromatic heterocycles. The Labute approximate surface area is 251 Å². The van der Waals surface area contributed by atoms with Crippen LogP contribution in [-0.2, 0) is 16.1 Å². The SMILES string of the molecule is CCOC(=O)C1=C(C)N=c2s/c(=C\c3c(OCc4ccccc4F)ccc4ccccc34)c(=O)n2[C@H]1c1ccc(C)cc1. The van der Waals surface area contributed by atoms with E-state index in [1.165, 1.54) is 17.4 Å². The summed E-state index contributed by atoms with van der Waals surface area (Å²) >= 11 is 1.25. The number of hydrogen-bond acceptors (Lipinski definition) is 6. The maximum Gasteiger partial charge on any atom is 0.338 e. The zero-order valence-electron chi connectivity index (χ0n) is 24.0. The van der Waals surface area contributed by atoms with Gasteiger partial charge in [-0.2, -0.15) is 0 Å². The summed E-state index contributed by atoms with van der Waals surface area (Å²) in [5.41, 5.74) is 3.55.